The highest BCUT2D eigenvalue weighted by molar-refractivity contribution is 5.76. The molecular weight excluding hydrogens is 361 g/mol. The fourth-order valence-electron chi connectivity index (χ4n) is 3.19. The first kappa shape index (κ1) is 18.1. The number of aromatic nitrogens is 3. The number of anilines is 1. The molecule has 1 saturated heterocycles. The summed E-state index contributed by atoms with van der Waals surface area (Å²) in [6, 6.07) is 8.16. The summed E-state index contributed by atoms with van der Waals surface area (Å²) < 4.78 is 19.5. The number of rotatable bonds is 5. The van der Waals surface area contributed by atoms with E-state index in [4.69, 9.17) is 4.42 Å². The Labute approximate surface area is 161 Å². The number of carbonyl (C=O) groups excluding carboxylic acids is 1. The van der Waals surface area contributed by atoms with Crippen LogP contribution in [0.5, 0.6) is 0 Å². The van der Waals surface area contributed by atoms with E-state index in [-0.39, 0.29) is 11.7 Å². The molecule has 0 saturated carbocycles. The van der Waals surface area contributed by atoms with E-state index in [0.29, 0.717) is 62.2 Å². The number of nitrogens with zero attached hydrogens (tertiary/aromatic N) is 5. The Bertz CT molecular complexity index is 939. The van der Waals surface area contributed by atoms with Gasteiger partial charge in [-0.05, 0) is 18.2 Å². The molecule has 0 atom stereocenters. The smallest absolute Gasteiger partial charge is 0.225 e. The highest BCUT2D eigenvalue weighted by Gasteiger charge is 2.22. The monoisotopic (exact) mass is 381 g/mol. The Kier molecular flexibility index (Phi) is 5.27. The standard InChI is InChI=1S/C20H20FN5O2/c21-16-5-2-1-4-15(16)17-14-24-18(28-17)6-7-19(27)25-10-12-26(13-11-25)20-22-8-3-9-23-20/h1-5,8-9,14H,6-7,10-13H2. The molecule has 1 amide bonds. The average Bonchev–Trinajstić information content (AvgIpc) is 3.22. The Morgan fingerprint density at radius 1 is 1.04 bits per heavy atom. The summed E-state index contributed by atoms with van der Waals surface area (Å²) in [5, 5.41) is 0. The predicted molar refractivity (Wildman–Crippen MR) is 101 cm³/mol. The SMILES string of the molecule is O=C(CCc1ncc(-c2ccccc2F)o1)N1CCN(c2ncccn2)CC1. The first-order chi connectivity index (χ1) is 13.7. The summed E-state index contributed by atoms with van der Waals surface area (Å²) in [7, 11) is 0. The second-order valence-electron chi connectivity index (χ2n) is 6.51. The van der Waals surface area contributed by atoms with Crippen LogP contribution in [-0.2, 0) is 11.2 Å². The summed E-state index contributed by atoms with van der Waals surface area (Å²) in [6.07, 6.45) is 5.61. The Morgan fingerprint density at radius 3 is 2.54 bits per heavy atom. The molecule has 1 aromatic carbocycles. The van der Waals surface area contributed by atoms with Crippen LogP contribution in [0.2, 0.25) is 0 Å². The van der Waals surface area contributed by atoms with E-state index in [0.717, 1.165) is 0 Å². The van der Waals surface area contributed by atoms with Gasteiger partial charge in [0.25, 0.3) is 0 Å². The number of amides is 1. The lowest BCUT2D eigenvalue weighted by Gasteiger charge is -2.34. The maximum Gasteiger partial charge on any atom is 0.225 e. The Hall–Kier alpha value is -3.29. The van der Waals surface area contributed by atoms with Crippen LogP contribution >= 0.6 is 0 Å². The van der Waals surface area contributed by atoms with Gasteiger partial charge in [-0.25, -0.2) is 19.3 Å². The molecule has 0 aliphatic carbocycles. The topological polar surface area (TPSA) is 75.4 Å². The zero-order chi connectivity index (χ0) is 19.3. The van der Waals surface area contributed by atoms with Crippen LogP contribution in [0.1, 0.15) is 12.3 Å². The molecule has 0 unspecified atom stereocenters. The number of aryl methyl sites for hydroxylation is 1. The molecule has 2 aromatic heterocycles. The third-order valence-electron chi connectivity index (χ3n) is 4.71. The van der Waals surface area contributed by atoms with E-state index >= 15 is 0 Å². The van der Waals surface area contributed by atoms with E-state index in [2.05, 4.69) is 19.9 Å². The van der Waals surface area contributed by atoms with Crippen molar-refractivity contribution in [1.82, 2.24) is 19.9 Å². The Balaban J connectivity index is 1.29. The van der Waals surface area contributed by atoms with E-state index < -0.39 is 0 Å². The lowest BCUT2D eigenvalue weighted by molar-refractivity contribution is -0.131. The van der Waals surface area contributed by atoms with Gasteiger partial charge in [0.2, 0.25) is 11.9 Å². The van der Waals surface area contributed by atoms with Crippen LogP contribution < -0.4 is 4.90 Å². The van der Waals surface area contributed by atoms with Crippen molar-refractivity contribution in [3.05, 3.63) is 60.6 Å². The number of benzene rings is 1. The fraction of sp³-hybridized carbons (Fsp3) is 0.300. The van der Waals surface area contributed by atoms with Gasteiger partial charge < -0.3 is 14.2 Å². The summed E-state index contributed by atoms with van der Waals surface area (Å²) in [4.78, 5) is 29.1. The Morgan fingerprint density at radius 2 is 1.79 bits per heavy atom. The minimum atomic E-state index is -0.360. The van der Waals surface area contributed by atoms with Crippen LogP contribution in [0.3, 0.4) is 0 Å². The molecule has 3 aromatic rings. The number of hydrogen-bond acceptors (Lipinski definition) is 6. The van der Waals surface area contributed by atoms with Gasteiger partial charge >= 0.3 is 0 Å². The van der Waals surface area contributed by atoms with Gasteiger partial charge in [-0.15, -0.1) is 0 Å². The molecule has 7 nitrogen and oxygen atoms in total. The first-order valence-electron chi connectivity index (χ1n) is 9.20. The fourth-order valence-corrected chi connectivity index (χ4v) is 3.19. The molecule has 4 rings (SSSR count). The van der Waals surface area contributed by atoms with Crippen molar-refractivity contribution in [2.24, 2.45) is 0 Å². The average molecular weight is 381 g/mol. The van der Waals surface area contributed by atoms with E-state index in [1.807, 2.05) is 4.90 Å². The van der Waals surface area contributed by atoms with Crippen molar-refractivity contribution in [3.8, 4) is 11.3 Å². The lowest BCUT2D eigenvalue weighted by Crippen LogP contribution is -2.49. The van der Waals surface area contributed by atoms with Crippen LogP contribution in [0.25, 0.3) is 11.3 Å². The van der Waals surface area contributed by atoms with Crippen molar-refractivity contribution in [2.75, 3.05) is 31.1 Å². The van der Waals surface area contributed by atoms with E-state index in [1.165, 1.54) is 12.3 Å². The van der Waals surface area contributed by atoms with Gasteiger partial charge in [0.15, 0.2) is 11.7 Å². The molecule has 1 aliphatic rings. The highest BCUT2D eigenvalue weighted by Crippen LogP contribution is 2.23. The van der Waals surface area contributed by atoms with Crippen LogP contribution in [-0.4, -0.2) is 51.9 Å². The van der Waals surface area contributed by atoms with Gasteiger partial charge in [0.1, 0.15) is 5.82 Å². The van der Waals surface area contributed by atoms with Gasteiger partial charge in [-0.1, -0.05) is 12.1 Å². The molecule has 0 radical (unpaired) electrons. The molecular formula is C20H20FN5O2. The maximum atomic E-state index is 13.8. The molecule has 1 aliphatic heterocycles. The number of hydrogen-bond donors (Lipinski definition) is 0. The zero-order valence-electron chi connectivity index (χ0n) is 15.3. The molecule has 1 fully saturated rings. The third-order valence-corrected chi connectivity index (χ3v) is 4.71. The zero-order valence-corrected chi connectivity index (χ0v) is 15.3. The van der Waals surface area contributed by atoms with Crippen molar-refractivity contribution in [3.63, 3.8) is 0 Å². The van der Waals surface area contributed by atoms with Gasteiger partial charge in [0.05, 0.1) is 11.8 Å². The highest BCUT2D eigenvalue weighted by atomic mass is 19.1. The van der Waals surface area contributed by atoms with E-state index in [9.17, 15) is 9.18 Å². The van der Waals surface area contributed by atoms with Crippen molar-refractivity contribution >= 4 is 11.9 Å². The second-order valence-corrected chi connectivity index (χ2v) is 6.51. The summed E-state index contributed by atoms with van der Waals surface area (Å²) in [6.45, 7) is 2.66. The largest absolute Gasteiger partial charge is 0.441 e. The minimum Gasteiger partial charge on any atom is -0.441 e. The normalized spacial score (nSPS) is 14.3. The molecule has 8 heteroatoms. The number of halogens is 1. The molecule has 28 heavy (non-hydrogen) atoms. The van der Waals surface area contributed by atoms with Gasteiger partial charge in [-0.3, -0.25) is 4.79 Å². The quantitative estimate of drug-likeness (QED) is 0.676. The molecule has 3 heterocycles. The third kappa shape index (κ3) is 4.00. The van der Waals surface area contributed by atoms with Crippen LogP contribution in [0.4, 0.5) is 10.3 Å². The molecule has 0 spiro atoms. The molecule has 0 bridgehead atoms. The summed E-state index contributed by atoms with van der Waals surface area (Å²) in [5.74, 6) is 1.19. The molecule has 0 N–H and O–H groups in total. The number of carbonyl (C=O) groups is 1. The number of piperazine rings is 1. The van der Waals surface area contributed by atoms with Gasteiger partial charge in [0, 0.05) is 51.4 Å². The van der Waals surface area contributed by atoms with Crippen molar-refractivity contribution in [1.29, 1.82) is 0 Å². The van der Waals surface area contributed by atoms with E-state index in [1.54, 1.807) is 36.7 Å². The lowest BCUT2D eigenvalue weighted by atomic mass is 10.2. The second kappa shape index (κ2) is 8.16. The van der Waals surface area contributed by atoms with Crippen molar-refractivity contribution in [2.45, 2.75) is 12.8 Å². The molecule has 144 valence electrons. The maximum absolute atomic E-state index is 13.8. The van der Waals surface area contributed by atoms with Crippen LogP contribution in [0.15, 0.2) is 53.3 Å². The van der Waals surface area contributed by atoms with Crippen molar-refractivity contribution < 1.29 is 13.6 Å². The number of oxazole rings is 1. The summed E-state index contributed by atoms with van der Waals surface area (Å²) in [5.41, 5.74) is 0.367. The first-order valence-corrected chi connectivity index (χ1v) is 9.20. The van der Waals surface area contributed by atoms with Gasteiger partial charge in [-0.2, -0.15) is 0 Å². The summed E-state index contributed by atoms with van der Waals surface area (Å²) >= 11 is 0. The minimum absolute atomic E-state index is 0.0549. The van der Waals surface area contributed by atoms with Crippen LogP contribution in [0, 0.1) is 5.82 Å². The predicted octanol–water partition coefficient (Wildman–Crippen LogP) is 2.55.